The van der Waals surface area contributed by atoms with Gasteiger partial charge in [-0.3, -0.25) is 9.59 Å². The van der Waals surface area contributed by atoms with E-state index >= 15 is 0 Å². The van der Waals surface area contributed by atoms with E-state index in [1.54, 1.807) is 24.3 Å². The molecule has 2 N–H and O–H groups in total. The molecule has 0 aliphatic carbocycles. The summed E-state index contributed by atoms with van der Waals surface area (Å²) in [5.41, 5.74) is 1.69. The van der Waals surface area contributed by atoms with Crippen LogP contribution in [0.2, 0.25) is 0 Å². The van der Waals surface area contributed by atoms with Gasteiger partial charge in [-0.1, -0.05) is 0 Å². The van der Waals surface area contributed by atoms with E-state index in [1.807, 2.05) is 0 Å². The number of benzene rings is 1. The minimum atomic E-state index is -0.266. The monoisotopic (exact) mass is 259 g/mol. The quantitative estimate of drug-likeness (QED) is 0.872. The van der Waals surface area contributed by atoms with E-state index in [0.717, 1.165) is 5.56 Å². The van der Waals surface area contributed by atoms with Crippen molar-refractivity contribution >= 4 is 11.6 Å². The van der Waals surface area contributed by atoms with Crippen molar-refractivity contribution in [2.75, 3.05) is 12.4 Å². The van der Waals surface area contributed by atoms with Gasteiger partial charge in [-0.25, -0.2) is 5.10 Å². The minimum Gasteiger partial charge on any atom is -0.496 e. The molecule has 1 amide bonds. The molecule has 0 unspecified atom stereocenters. The number of anilines is 1. The number of ether oxygens (including phenoxy) is 1. The first kappa shape index (κ1) is 12.8. The zero-order valence-electron chi connectivity index (χ0n) is 10.6. The largest absolute Gasteiger partial charge is 0.496 e. The highest BCUT2D eigenvalue weighted by Gasteiger charge is 2.09. The number of aromatic amines is 1. The average Bonchev–Trinajstić information content (AvgIpc) is 2.39. The molecule has 0 aliphatic rings. The maximum atomic E-state index is 11.0. The Hall–Kier alpha value is -2.63. The van der Waals surface area contributed by atoms with Crippen LogP contribution in [0.25, 0.3) is 11.3 Å². The predicted molar refractivity (Wildman–Crippen MR) is 71.1 cm³/mol. The second-order valence-electron chi connectivity index (χ2n) is 3.90. The van der Waals surface area contributed by atoms with Crippen LogP contribution in [-0.2, 0) is 4.79 Å². The molecule has 0 spiro atoms. The summed E-state index contributed by atoms with van der Waals surface area (Å²) in [4.78, 5) is 22.0. The van der Waals surface area contributed by atoms with Crippen LogP contribution in [-0.4, -0.2) is 23.2 Å². The first-order chi connectivity index (χ1) is 9.10. The summed E-state index contributed by atoms with van der Waals surface area (Å²) < 4.78 is 5.27. The lowest BCUT2D eigenvalue weighted by Crippen LogP contribution is -2.07. The predicted octanol–water partition coefficient (Wildman–Crippen LogP) is 1.40. The number of methoxy groups -OCH3 is 1. The SMILES string of the molecule is COc1cc(NC(C)=O)ccc1-c1ccc(=O)[nH]n1. The number of hydrogen-bond donors (Lipinski definition) is 2. The zero-order chi connectivity index (χ0) is 13.8. The van der Waals surface area contributed by atoms with Crippen LogP contribution in [0, 0.1) is 0 Å². The number of H-pyrrole nitrogens is 1. The first-order valence-corrected chi connectivity index (χ1v) is 5.62. The van der Waals surface area contributed by atoms with Crippen LogP contribution >= 0.6 is 0 Å². The number of amides is 1. The Bertz CT molecular complexity index is 644. The molecule has 0 fully saturated rings. The molecule has 6 heteroatoms. The molecule has 19 heavy (non-hydrogen) atoms. The van der Waals surface area contributed by atoms with Crippen LogP contribution in [0.5, 0.6) is 5.75 Å². The van der Waals surface area contributed by atoms with Crippen LogP contribution in [0.4, 0.5) is 5.69 Å². The number of rotatable bonds is 3. The molecular weight excluding hydrogens is 246 g/mol. The van der Waals surface area contributed by atoms with Crippen molar-refractivity contribution in [3.8, 4) is 17.0 Å². The Balaban J connectivity index is 2.43. The van der Waals surface area contributed by atoms with Gasteiger partial charge >= 0.3 is 0 Å². The third-order valence-electron chi connectivity index (χ3n) is 2.48. The van der Waals surface area contributed by atoms with Crippen molar-refractivity contribution in [3.63, 3.8) is 0 Å². The van der Waals surface area contributed by atoms with Crippen molar-refractivity contribution in [2.24, 2.45) is 0 Å². The van der Waals surface area contributed by atoms with Gasteiger partial charge in [-0.2, -0.15) is 5.10 Å². The highest BCUT2D eigenvalue weighted by molar-refractivity contribution is 5.89. The normalized spacial score (nSPS) is 10.0. The summed E-state index contributed by atoms with van der Waals surface area (Å²) in [6.45, 7) is 1.43. The van der Waals surface area contributed by atoms with E-state index in [1.165, 1.54) is 20.1 Å². The zero-order valence-corrected chi connectivity index (χ0v) is 10.6. The number of nitrogens with one attached hydrogen (secondary N) is 2. The Morgan fingerprint density at radius 3 is 2.68 bits per heavy atom. The summed E-state index contributed by atoms with van der Waals surface area (Å²) in [6.07, 6.45) is 0. The van der Waals surface area contributed by atoms with E-state index in [9.17, 15) is 9.59 Å². The molecule has 0 bridgehead atoms. The smallest absolute Gasteiger partial charge is 0.264 e. The van der Waals surface area contributed by atoms with Crippen LogP contribution in [0.3, 0.4) is 0 Å². The highest BCUT2D eigenvalue weighted by Crippen LogP contribution is 2.30. The van der Waals surface area contributed by atoms with E-state index in [0.29, 0.717) is 17.1 Å². The fraction of sp³-hybridized carbons (Fsp3) is 0.154. The molecule has 1 aromatic heterocycles. The Morgan fingerprint density at radius 1 is 1.32 bits per heavy atom. The Labute approximate surface area is 109 Å². The number of aromatic nitrogens is 2. The summed E-state index contributed by atoms with van der Waals surface area (Å²) >= 11 is 0. The topological polar surface area (TPSA) is 84.1 Å². The van der Waals surface area contributed by atoms with Gasteiger partial charge in [0.2, 0.25) is 5.91 Å². The summed E-state index contributed by atoms with van der Waals surface area (Å²) in [6, 6.07) is 8.21. The first-order valence-electron chi connectivity index (χ1n) is 5.62. The average molecular weight is 259 g/mol. The van der Waals surface area contributed by atoms with E-state index < -0.39 is 0 Å². The molecule has 2 aromatic rings. The van der Waals surface area contributed by atoms with Gasteiger partial charge in [0.05, 0.1) is 12.8 Å². The maximum absolute atomic E-state index is 11.0. The molecule has 0 saturated carbocycles. The third-order valence-corrected chi connectivity index (χ3v) is 2.48. The van der Waals surface area contributed by atoms with Crippen LogP contribution < -0.4 is 15.6 Å². The standard InChI is InChI=1S/C13H13N3O3/c1-8(17)14-9-3-4-10(12(7-9)19-2)11-5-6-13(18)16-15-11/h3-7H,1-2H3,(H,14,17)(H,16,18). The van der Waals surface area contributed by atoms with E-state index in [4.69, 9.17) is 4.74 Å². The molecule has 0 atom stereocenters. The van der Waals surface area contributed by atoms with Crippen molar-refractivity contribution in [1.29, 1.82) is 0 Å². The summed E-state index contributed by atoms with van der Waals surface area (Å²) in [5.74, 6) is 0.405. The second kappa shape index (κ2) is 5.34. The molecule has 98 valence electrons. The summed E-state index contributed by atoms with van der Waals surface area (Å²) in [5, 5.41) is 8.98. The molecule has 1 aromatic carbocycles. The Kier molecular flexibility index (Phi) is 3.61. The van der Waals surface area contributed by atoms with Gasteiger partial charge in [0.15, 0.2) is 0 Å². The third kappa shape index (κ3) is 2.98. The molecule has 0 radical (unpaired) electrons. The number of nitrogens with zero attached hydrogens (tertiary/aromatic N) is 1. The molecule has 0 aliphatic heterocycles. The lowest BCUT2D eigenvalue weighted by Gasteiger charge is -2.10. The summed E-state index contributed by atoms with van der Waals surface area (Å²) in [7, 11) is 1.53. The van der Waals surface area contributed by atoms with Gasteiger partial charge in [0, 0.05) is 30.3 Å². The number of carbonyl (C=O) groups excluding carboxylic acids is 1. The molecule has 6 nitrogen and oxygen atoms in total. The lowest BCUT2D eigenvalue weighted by atomic mass is 10.1. The number of carbonyl (C=O) groups is 1. The van der Waals surface area contributed by atoms with Gasteiger partial charge in [0.1, 0.15) is 5.75 Å². The second-order valence-corrected chi connectivity index (χ2v) is 3.90. The Morgan fingerprint density at radius 2 is 2.11 bits per heavy atom. The van der Waals surface area contributed by atoms with Crippen LogP contribution in [0.1, 0.15) is 6.92 Å². The highest BCUT2D eigenvalue weighted by atomic mass is 16.5. The minimum absolute atomic E-state index is 0.156. The van der Waals surface area contributed by atoms with Gasteiger partial charge < -0.3 is 10.1 Å². The lowest BCUT2D eigenvalue weighted by molar-refractivity contribution is -0.114. The molecule has 0 saturated heterocycles. The number of hydrogen-bond acceptors (Lipinski definition) is 4. The molecule has 2 rings (SSSR count). The van der Waals surface area contributed by atoms with Gasteiger partial charge in [-0.15, -0.1) is 0 Å². The van der Waals surface area contributed by atoms with E-state index in [2.05, 4.69) is 15.5 Å². The van der Waals surface area contributed by atoms with Crippen molar-refractivity contribution in [1.82, 2.24) is 10.2 Å². The van der Waals surface area contributed by atoms with Crippen molar-refractivity contribution in [2.45, 2.75) is 6.92 Å². The maximum Gasteiger partial charge on any atom is 0.264 e. The van der Waals surface area contributed by atoms with Gasteiger partial charge in [-0.05, 0) is 18.2 Å². The van der Waals surface area contributed by atoms with E-state index in [-0.39, 0.29) is 11.5 Å². The fourth-order valence-electron chi connectivity index (χ4n) is 1.68. The fourth-order valence-corrected chi connectivity index (χ4v) is 1.68. The van der Waals surface area contributed by atoms with Crippen molar-refractivity contribution in [3.05, 3.63) is 40.7 Å². The van der Waals surface area contributed by atoms with Crippen molar-refractivity contribution < 1.29 is 9.53 Å². The molecular formula is C13H13N3O3. The van der Waals surface area contributed by atoms with Crippen LogP contribution in [0.15, 0.2) is 35.1 Å². The molecule has 1 heterocycles. The van der Waals surface area contributed by atoms with Gasteiger partial charge in [0.25, 0.3) is 5.56 Å².